The Morgan fingerprint density at radius 3 is 2.70 bits per heavy atom. The lowest BCUT2D eigenvalue weighted by Crippen LogP contribution is -2.04. The van der Waals surface area contributed by atoms with Crippen molar-refractivity contribution in [1.82, 2.24) is 9.55 Å². The van der Waals surface area contributed by atoms with Crippen molar-refractivity contribution in [3.63, 3.8) is 0 Å². The molecule has 30 heavy (non-hydrogen) atoms. The van der Waals surface area contributed by atoms with E-state index in [2.05, 4.69) is 21.9 Å². The second-order valence-corrected chi connectivity index (χ2v) is 7.20. The van der Waals surface area contributed by atoms with E-state index in [0.717, 1.165) is 17.1 Å². The lowest BCUT2D eigenvalue weighted by Gasteiger charge is -2.13. The van der Waals surface area contributed by atoms with Crippen LogP contribution in [0.25, 0.3) is 5.69 Å². The standard InChI is InChI=1S/C22H21Cl2N5O/c1-14-12-29(13-26-14)21-7-5-17(11-22(21)30-3)27-15(2)28-20(8-9-25)18-6-4-16(23)10-19(18)24/h4-13,27H,2,25H2,1,3H3/b9-8-,28-20+. The Labute approximate surface area is 185 Å². The number of nitrogens with zero attached hydrogens (tertiary/aromatic N) is 3. The molecule has 1 heterocycles. The maximum absolute atomic E-state index is 6.31. The van der Waals surface area contributed by atoms with Crippen LogP contribution in [0.2, 0.25) is 10.0 Å². The molecule has 3 aromatic rings. The molecular formula is C22H21Cl2N5O. The number of methoxy groups -OCH3 is 1. The van der Waals surface area contributed by atoms with Gasteiger partial charge in [-0.1, -0.05) is 29.8 Å². The van der Waals surface area contributed by atoms with Crippen LogP contribution in [0, 0.1) is 6.92 Å². The molecule has 3 rings (SSSR count). The normalized spacial score (nSPS) is 11.7. The first-order chi connectivity index (χ1) is 14.4. The van der Waals surface area contributed by atoms with E-state index in [1.165, 1.54) is 6.20 Å². The van der Waals surface area contributed by atoms with E-state index in [9.17, 15) is 0 Å². The van der Waals surface area contributed by atoms with Crippen LogP contribution in [0.4, 0.5) is 5.69 Å². The van der Waals surface area contributed by atoms with E-state index >= 15 is 0 Å². The Balaban J connectivity index is 1.86. The quantitative estimate of drug-likeness (QED) is 0.484. The molecule has 8 heteroatoms. The number of allylic oxidation sites excluding steroid dienone is 1. The molecule has 6 nitrogen and oxygen atoms in total. The third-order valence-corrected chi connectivity index (χ3v) is 4.72. The van der Waals surface area contributed by atoms with Crippen molar-refractivity contribution in [3.05, 3.63) is 94.9 Å². The molecule has 0 unspecified atom stereocenters. The Morgan fingerprint density at radius 1 is 1.27 bits per heavy atom. The van der Waals surface area contributed by atoms with Gasteiger partial charge in [0, 0.05) is 28.5 Å². The fourth-order valence-corrected chi connectivity index (χ4v) is 3.34. The first kappa shape index (κ1) is 21.5. The van der Waals surface area contributed by atoms with Gasteiger partial charge in [-0.3, -0.25) is 0 Å². The van der Waals surface area contributed by atoms with Crippen LogP contribution >= 0.6 is 23.2 Å². The van der Waals surface area contributed by atoms with Gasteiger partial charge in [0.15, 0.2) is 0 Å². The number of aromatic nitrogens is 2. The van der Waals surface area contributed by atoms with Crippen LogP contribution in [0.15, 0.2) is 78.6 Å². The van der Waals surface area contributed by atoms with E-state index in [0.29, 0.717) is 32.9 Å². The number of anilines is 1. The number of benzene rings is 2. The lowest BCUT2D eigenvalue weighted by atomic mass is 10.1. The van der Waals surface area contributed by atoms with Crippen molar-refractivity contribution < 1.29 is 4.74 Å². The third kappa shape index (κ3) is 5.03. The van der Waals surface area contributed by atoms with Crippen LogP contribution in [0.5, 0.6) is 5.75 Å². The minimum atomic E-state index is 0.405. The van der Waals surface area contributed by atoms with Crippen LogP contribution in [0.1, 0.15) is 11.3 Å². The monoisotopic (exact) mass is 441 g/mol. The molecule has 0 amide bonds. The van der Waals surface area contributed by atoms with Gasteiger partial charge in [0.2, 0.25) is 0 Å². The van der Waals surface area contributed by atoms with Gasteiger partial charge < -0.3 is 20.4 Å². The molecule has 0 spiro atoms. The number of imidazole rings is 1. The maximum Gasteiger partial charge on any atom is 0.144 e. The van der Waals surface area contributed by atoms with Crippen LogP contribution in [-0.2, 0) is 0 Å². The van der Waals surface area contributed by atoms with Crippen molar-refractivity contribution in [2.24, 2.45) is 10.7 Å². The fourth-order valence-electron chi connectivity index (χ4n) is 2.84. The van der Waals surface area contributed by atoms with E-state index in [1.54, 1.807) is 37.7 Å². The number of ether oxygens (including phenoxy) is 1. The number of halogens is 2. The molecule has 0 fully saturated rings. The zero-order valence-electron chi connectivity index (χ0n) is 16.6. The summed E-state index contributed by atoms with van der Waals surface area (Å²) in [5.41, 5.74) is 9.38. The smallest absolute Gasteiger partial charge is 0.144 e. The summed E-state index contributed by atoms with van der Waals surface area (Å²) in [7, 11) is 1.62. The number of nitrogens with one attached hydrogen (secondary N) is 1. The van der Waals surface area contributed by atoms with Gasteiger partial charge >= 0.3 is 0 Å². The van der Waals surface area contributed by atoms with Gasteiger partial charge in [0.25, 0.3) is 0 Å². The first-order valence-electron chi connectivity index (χ1n) is 8.98. The molecular weight excluding hydrogens is 421 g/mol. The second kappa shape index (κ2) is 9.52. The molecule has 0 atom stereocenters. The molecule has 3 N–H and O–H groups in total. The van der Waals surface area contributed by atoms with Gasteiger partial charge in [-0.25, -0.2) is 9.98 Å². The summed E-state index contributed by atoms with van der Waals surface area (Å²) in [5, 5.41) is 4.16. The average molecular weight is 442 g/mol. The number of nitrogens with two attached hydrogens (primary N) is 1. The molecule has 0 aliphatic rings. The first-order valence-corrected chi connectivity index (χ1v) is 9.74. The van der Waals surface area contributed by atoms with Crippen molar-refractivity contribution in [1.29, 1.82) is 0 Å². The molecule has 0 saturated carbocycles. The summed E-state index contributed by atoms with van der Waals surface area (Å²) in [5.74, 6) is 1.08. The second-order valence-electron chi connectivity index (χ2n) is 6.36. The van der Waals surface area contributed by atoms with Gasteiger partial charge in [-0.05, 0) is 49.5 Å². The van der Waals surface area contributed by atoms with Gasteiger partial charge in [0.05, 0.1) is 35.6 Å². The average Bonchev–Trinajstić information content (AvgIpc) is 3.13. The highest BCUT2D eigenvalue weighted by molar-refractivity contribution is 6.37. The minimum absolute atomic E-state index is 0.405. The number of hydrogen-bond acceptors (Lipinski definition) is 5. The highest BCUT2D eigenvalue weighted by Crippen LogP contribution is 2.28. The molecule has 0 radical (unpaired) electrons. The molecule has 1 aromatic heterocycles. The third-order valence-electron chi connectivity index (χ3n) is 4.17. The lowest BCUT2D eigenvalue weighted by molar-refractivity contribution is 0.413. The zero-order chi connectivity index (χ0) is 21.7. The number of aliphatic imine (C=N–C) groups is 1. The van der Waals surface area contributed by atoms with Gasteiger partial charge in [-0.15, -0.1) is 0 Å². The van der Waals surface area contributed by atoms with E-state index < -0.39 is 0 Å². The van der Waals surface area contributed by atoms with E-state index in [-0.39, 0.29) is 0 Å². The summed E-state index contributed by atoms with van der Waals surface area (Å²) in [4.78, 5) is 8.78. The Kier molecular flexibility index (Phi) is 6.82. The topological polar surface area (TPSA) is 77.5 Å². The molecule has 0 aliphatic carbocycles. The minimum Gasteiger partial charge on any atom is -0.494 e. The van der Waals surface area contributed by atoms with Gasteiger partial charge in [-0.2, -0.15) is 0 Å². The molecule has 0 bridgehead atoms. The molecule has 0 aliphatic heterocycles. The molecule has 154 valence electrons. The number of aryl methyl sites for hydroxylation is 1. The van der Waals surface area contributed by atoms with Gasteiger partial charge in [0.1, 0.15) is 11.6 Å². The summed E-state index contributed by atoms with van der Waals surface area (Å²) in [6, 6.07) is 10.9. The van der Waals surface area contributed by atoms with Crippen LogP contribution in [0.3, 0.4) is 0 Å². The van der Waals surface area contributed by atoms with Crippen LogP contribution in [-0.4, -0.2) is 22.4 Å². The predicted molar refractivity (Wildman–Crippen MR) is 124 cm³/mol. The Morgan fingerprint density at radius 2 is 2.07 bits per heavy atom. The Hall–Kier alpha value is -3.22. The van der Waals surface area contributed by atoms with Crippen molar-refractivity contribution >= 4 is 34.6 Å². The summed E-state index contributed by atoms with van der Waals surface area (Å²) >= 11 is 12.3. The fraction of sp³-hybridized carbons (Fsp3) is 0.0909. The highest BCUT2D eigenvalue weighted by atomic mass is 35.5. The number of hydrogen-bond donors (Lipinski definition) is 2. The maximum atomic E-state index is 6.31. The number of rotatable bonds is 7. The van der Waals surface area contributed by atoms with Crippen molar-refractivity contribution in [2.75, 3.05) is 12.4 Å². The molecule has 0 saturated heterocycles. The summed E-state index contributed by atoms with van der Waals surface area (Å²) in [6.45, 7) is 5.92. The van der Waals surface area contributed by atoms with E-state index in [4.69, 9.17) is 33.7 Å². The van der Waals surface area contributed by atoms with E-state index in [1.807, 2.05) is 35.9 Å². The SMILES string of the molecule is C=C(/N=C(\C=C/N)c1ccc(Cl)cc1Cl)Nc1ccc(-n2cnc(C)c2)c(OC)c1. The predicted octanol–water partition coefficient (Wildman–Crippen LogP) is 5.34. The summed E-state index contributed by atoms with van der Waals surface area (Å²) < 4.78 is 7.44. The van der Waals surface area contributed by atoms with Crippen LogP contribution < -0.4 is 15.8 Å². The van der Waals surface area contributed by atoms with Crippen molar-refractivity contribution in [3.8, 4) is 11.4 Å². The van der Waals surface area contributed by atoms with Crippen molar-refractivity contribution in [2.45, 2.75) is 6.92 Å². The Bertz CT molecular complexity index is 1130. The largest absolute Gasteiger partial charge is 0.494 e. The highest BCUT2D eigenvalue weighted by Gasteiger charge is 2.10. The molecule has 2 aromatic carbocycles. The summed E-state index contributed by atoms with van der Waals surface area (Å²) in [6.07, 6.45) is 6.70. The zero-order valence-corrected chi connectivity index (χ0v) is 18.1.